The van der Waals surface area contributed by atoms with E-state index in [4.69, 9.17) is 4.74 Å². The third-order valence-electron chi connectivity index (χ3n) is 3.04. The normalized spacial score (nSPS) is 14.1. The number of ether oxygens (including phenoxy) is 1. The summed E-state index contributed by atoms with van der Waals surface area (Å²) in [7, 11) is 1.97. The maximum Gasteiger partial charge on any atom is 0.120 e. The third kappa shape index (κ3) is 4.76. The molecule has 0 heterocycles. The molecule has 0 atom stereocenters. The number of allylic oxidation sites excluding steroid dienone is 4. The molecule has 19 heavy (non-hydrogen) atoms. The minimum absolute atomic E-state index is 0.633. The van der Waals surface area contributed by atoms with Gasteiger partial charge in [-0.15, -0.1) is 0 Å². The first-order chi connectivity index (χ1) is 9.38. The molecule has 0 bridgehead atoms. The highest BCUT2D eigenvalue weighted by Gasteiger charge is 1.99. The molecule has 1 aliphatic rings. The molecule has 0 radical (unpaired) electrons. The zero-order chi connectivity index (χ0) is 13.3. The topological polar surface area (TPSA) is 21.3 Å². The van der Waals surface area contributed by atoms with Gasteiger partial charge in [-0.05, 0) is 49.7 Å². The smallest absolute Gasteiger partial charge is 0.120 e. The summed E-state index contributed by atoms with van der Waals surface area (Å²) < 4.78 is 5.85. The fourth-order valence-electron chi connectivity index (χ4n) is 1.96. The Kier molecular flexibility index (Phi) is 5.45. The quantitative estimate of drug-likeness (QED) is 0.842. The maximum absolute atomic E-state index is 5.85. The molecule has 1 aromatic rings. The van der Waals surface area contributed by atoms with Gasteiger partial charge in [0.2, 0.25) is 0 Å². The number of likely N-dealkylation sites (N-methyl/N-ethyl adjacent to an activating group) is 1. The number of nitrogens with one attached hydrogen (secondary N) is 1. The summed E-state index contributed by atoms with van der Waals surface area (Å²) in [5.41, 5.74) is 2.53. The van der Waals surface area contributed by atoms with Crippen LogP contribution in [0.1, 0.15) is 12.0 Å². The van der Waals surface area contributed by atoms with Gasteiger partial charge in [0.1, 0.15) is 12.4 Å². The molecule has 0 spiro atoms. The predicted molar refractivity (Wildman–Crippen MR) is 80.5 cm³/mol. The standard InChI is InChI=1S/C17H21NO/c1-18-12-11-15-9-6-10-17(13-15)19-14-16-7-4-2-3-5-8-16/h2-4,6-10,13,18H,5,11-12,14H2,1H3. The van der Waals surface area contributed by atoms with Crippen LogP contribution in [0, 0.1) is 0 Å². The Morgan fingerprint density at radius 2 is 2.21 bits per heavy atom. The van der Waals surface area contributed by atoms with Crippen molar-refractivity contribution in [2.45, 2.75) is 12.8 Å². The Bertz CT molecular complexity index is 486. The first kappa shape index (κ1) is 13.6. The van der Waals surface area contributed by atoms with Crippen LogP contribution >= 0.6 is 0 Å². The summed E-state index contributed by atoms with van der Waals surface area (Å²) in [5, 5.41) is 3.16. The van der Waals surface area contributed by atoms with Crippen molar-refractivity contribution in [1.29, 1.82) is 0 Å². The van der Waals surface area contributed by atoms with E-state index in [-0.39, 0.29) is 0 Å². The van der Waals surface area contributed by atoms with E-state index in [1.54, 1.807) is 0 Å². The number of hydrogen-bond acceptors (Lipinski definition) is 2. The van der Waals surface area contributed by atoms with Gasteiger partial charge in [-0.3, -0.25) is 0 Å². The van der Waals surface area contributed by atoms with Crippen LogP contribution in [0.2, 0.25) is 0 Å². The Balaban J connectivity index is 1.90. The van der Waals surface area contributed by atoms with Gasteiger partial charge in [0.25, 0.3) is 0 Å². The molecular weight excluding hydrogens is 234 g/mol. The molecule has 2 nitrogen and oxygen atoms in total. The lowest BCUT2D eigenvalue weighted by molar-refractivity contribution is 0.355. The van der Waals surface area contributed by atoms with Crippen molar-refractivity contribution in [3.8, 4) is 5.75 Å². The zero-order valence-corrected chi connectivity index (χ0v) is 11.4. The fourth-order valence-corrected chi connectivity index (χ4v) is 1.96. The number of benzene rings is 1. The van der Waals surface area contributed by atoms with Crippen molar-refractivity contribution < 1.29 is 4.74 Å². The van der Waals surface area contributed by atoms with Crippen LogP contribution in [0.15, 0.2) is 60.2 Å². The summed E-state index contributed by atoms with van der Waals surface area (Å²) >= 11 is 0. The molecule has 0 saturated heterocycles. The van der Waals surface area contributed by atoms with Gasteiger partial charge in [-0.1, -0.05) is 42.5 Å². The second-order valence-corrected chi connectivity index (χ2v) is 4.59. The van der Waals surface area contributed by atoms with Crippen molar-refractivity contribution in [1.82, 2.24) is 5.32 Å². The molecule has 2 heteroatoms. The molecule has 100 valence electrons. The summed E-state index contributed by atoms with van der Waals surface area (Å²) in [6.07, 6.45) is 12.6. The molecule has 2 rings (SSSR count). The van der Waals surface area contributed by atoms with E-state index in [9.17, 15) is 0 Å². The highest BCUT2D eigenvalue weighted by atomic mass is 16.5. The van der Waals surface area contributed by atoms with E-state index in [1.165, 1.54) is 11.1 Å². The number of hydrogen-bond donors (Lipinski definition) is 1. The first-order valence-corrected chi connectivity index (χ1v) is 6.77. The Morgan fingerprint density at radius 3 is 3.11 bits per heavy atom. The minimum atomic E-state index is 0.633. The van der Waals surface area contributed by atoms with E-state index in [1.807, 2.05) is 13.1 Å². The van der Waals surface area contributed by atoms with E-state index >= 15 is 0 Å². The molecule has 1 aliphatic carbocycles. The van der Waals surface area contributed by atoms with Gasteiger partial charge in [0.05, 0.1) is 0 Å². The van der Waals surface area contributed by atoms with Crippen LogP contribution in [0.5, 0.6) is 5.75 Å². The van der Waals surface area contributed by atoms with Gasteiger partial charge in [-0.25, -0.2) is 0 Å². The van der Waals surface area contributed by atoms with Crippen LogP contribution in [0.4, 0.5) is 0 Å². The largest absolute Gasteiger partial charge is 0.489 e. The van der Waals surface area contributed by atoms with Crippen LogP contribution in [-0.2, 0) is 6.42 Å². The average molecular weight is 255 g/mol. The summed E-state index contributed by atoms with van der Waals surface area (Å²) in [4.78, 5) is 0. The summed E-state index contributed by atoms with van der Waals surface area (Å²) in [6.45, 7) is 1.62. The van der Waals surface area contributed by atoms with Gasteiger partial charge in [-0.2, -0.15) is 0 Å². The van der Waals surface area contributed by atoms with Gasteiger partial charge < -0.3 is 10.1 Å². The van der Waals surface area contributed by atoms with Crippen LogP contribution in [-0.4, -0.2) is 20.2 Å². The lowest BCUT2D eigenvalue weighted by atomic mass is 10.1. The highest BCUT2D eigenvalue weighted by Crippen LogP contribution is 2.15. The highest BCUT2D eigenvalue weighted by molar-refractivity contribution is 5.31. The van der Waals surface area contributed by atoms with Gasteiger partial charge in [0, 0.05) is 0 Å². The molecule has 0 unspecified atom stereocenters. The average Bonchev–Trinajstić information content (AvgIpc) is 2.72. The molecule has 0 fully saturated rings. The lowest BCUT2D eigenvalue weighted by Gasteiger charge is -2.08. The lowest BCUT2D eigenvalue weighted by Crippen LogP contribution is -2.10. The summed E-state index contributed by atoms with van der Waals surface area (Å²) in [6, 6.07) is 8.33. The SMILES string of the molecule is CNCCc1cccc(OCC2=CCC=CC=C2)c1. The Morgan fingerprint density at radius 1 is 1.26 bits per heavy atom. The Labute approximate surface area is 115 Å². The monoisotopic (exact) mass is 255 g/mol. The van der Waals surface area contributed by atoms with Crippen LogP contribution in [0.3, 0.4) is 0 Å². The fraction of sp³-hybridized carbons (Fsp3) is 0.294. The molecular formula is C17H21NO. The molecule has 1 aromatic carbocycles. The maximum atomic E-state index is 5.85. The summed E-state index contributed by atoms with van der Waals surface area (Å²) in [5.74, 6) is 0.945. The van der Waals surface area contributed by atoms with E-state index < -0.39 is 0 Å². The minimum Gasteiger partial charge on any atom is -0.489 e. The zero-order valence-electron chi connectivity index (χ0n) is 11.4. The number of rotatable bonds is 6. The third-order valence-corrected chi connectivity index (χ3v) is 3.04. The van der Waals surface area contributed by atoms with Crippen molar-refractivity contribution in [2.75, 3.05) is 20.2 Å². The van der Waals surface area contributed by atoms with Crippen molar-refractivity contribution in [2.24, 2.45) is 0 Å². The Hall–Kier alpha value is -1.80. The predicted octanol–water partition coefficient (Wildman–Crippen LogP) is 3.27. The van der Waals surface area contributed by atoms with E-state index in [2.05, 4.69) is 53.9 Å². The van der Waals surface area contributed by atoms with Crippen LogP contribution < -0.4 is 10.1 Å². The van der Waals surface area contributed by atoms with E-state index in [0.717, 1.165) is 25.1 Å². The first-order valence-electron chi connectivity index (χ1n) is 6.77. The van der Waals surface area contributed by atoms with Crippen LogP contribution in [0.25, 0.3) is 0 Å². The second-order valence-electron chi connectivity index (χ2n) is 4.59. The van der Waals surface area contributed by atoms with Gasteiger partial charge >= 0.3 is 0 Å². The molecule has 0 aromatic heterocycles. The molecule has 0 saturated carbocycles. The molecule has 1 N–H and O–H groups in total. The van der Waals surface area contributed by atoms with Gasteiger partial charge in [0.15, 0.2) is 0 Å². The second kappa shape index (κ2) is 7.59. The molecule has 0 amide bonds. The van der Waals surface area contributed by atoms with Crippen molar-refractivity contribution in [3.63, 3.8) is 0 Å². The van der Waals surface area contributed by atoms with E-state index in [0.29, 0.717) is 6.61 Å². The van der Waals surface area contributed by atoms with Crippen molar-refractivity contribution >= 4 is 0 Å². The van der Waals surface area contributed by atoms with Crippen molar-refractivity contribution in [3.05, 3.63) is 65.8 Å². The molecule has 0 aliphatic heterocycles.